The van der Waals surface area contributed by atoms with Gasteiger partial charge < -0.3 is 9.88 Å². The van der Waals surface area contributed by atoms with E-state index in [4.69, 9.17) is 0 Å². The van der Waals surface area contributed by atoms with Crippen LogP contribution in [0.2, 0.25) is 0 Å². The van der Waals surface area contributed by atoms with Gasteiger partial charge in [-0.1, -0.05) is 25.5 Å². The molecule has 1 aromatic heterocycles. The first-order valence-corrected chi connectivity index (χ1v) is 10.6. The Bertz CT molecular complexity index is 933. The molecule has 1 aliphatic rings. The fourth-order valence-electron chi connectivity index (χ4n) is 3.90. The Morgan fingerprint density at radius 2 is 1.93 bits per heavy atom. The maximum absolute atomic E-state index is 13.4. The van der Waals surface area contributed by atoms with E-state index in [1.807, 2.05) is 13.8 Å². The van der Waals surface area contributed by atoms with E-state index in [1.165, 1.54) is 12.1 Å². The maximum atomic E-state index is 13.4. The number of nitrogens with one attached hydrogen (secondary N) is 1. The van der Waals surface area contributed by atoms with Crippen molar-refractivity contribution in [3.8, 4) is 0 Å². The van der Waals surface area contributed by atoms with Crippen LogP contribution < -0.4 is 10.9 Å². The van der Waals surface area contributed by atoms with Crippen LogP contribution in [0.15, 0.2) is 33.5 Å². The summed E-state index contributed by atoms with van der Waals surface area (Å²) in [5.41, 5.74) is 2.67. The summed E-state index contributed by atoms with van der Waals surface area (Å²) in [5.74, 6) is -0.133. The standard InChI is InChI=1S/C22H26BrFN2O2/c1-4-12-26-14(3)18(13(2)19(23)22(26)28)21(27)25-20(15-6-5-7-15)16-8-10-17(24)11-9-16/h8-11,15,20H,4-7,12H2,1-3H3,(H,25,27)/t20-/m0/s1. The lowest BCUT2D eigenvalue weighted by molar-refractivity contribution is 0.0898. The summed E-state index contributed by atoms with van der Waals surface area (Å²) >= 11 is 3.37. The number of pyridine rings is 1. The number of benzene rings is 1. The normalized spacial score (nSPS) is 15.2. The van der Waals surface area contributed by atoms with E-state index in [9.17, 15) is 14.0 Å². The summed E-state index contributed by atoms with van der Waals surface area (Å²) in [6.45, 7) is 6.18. The minimum Gasteiger partial charge on any atom is -0.345 e. The van der Waals surface area contributed by atoms with Crippen molar-refractivity contribution >= 4 is 21.8 Å². The Balaban J connectivity index is 1.98. The molecular weight excluding hydrogens is 423 g/mol. The van der Waals surface area contributed by atoms with Crippen molar-refractivity contribution in [3.05, 3.63) is 67.3 Å². The average molecular weight is 449 g/mol. The van der Waals surface area contributed by atoms with Gasteiger partial charge in [0.05, 0.1) is 16.1 Å². The van der Waals surface area contributed by atoms with Crippen LogP contribution in [-0.4, -0.2) is 10.5 Å². The Kier molecular flexibility index (Phi) is 6.38. The molecule has 1 N–H and O–H groups in total. The third-order valence-corrected chi connectivity index (χ3v) is 6.65. The van der Waals surface area contributed by atoms with Gasteiger partial charge in [-0.3, -0.25) is 9.59 Å². The molecule has 0 bridgehead atoms. The molecule has 0 aliphatic heterocycles. The fraction of sp³-hybridized carbons (Fsp3) is 0.455. The Morgan fingerprint density at radius 3 is 2.46 bits per heavy atom. The van der Waals surface area contributed by atoms with Crippen LogP contribution in [0.4, 0.5) is 4.39 Å². The van der Waals surface area contributed by atoms with Crippen LogP contribution in [0.1, 0.15) is 65.8 Å². The lowest BCUT2D eigenvalue weighted by atomic mass is 9.77. The van der Waals surface area contributed by atoms with Gasteiger partial charge in [0.2, 0.25) is 0 Å². The largest absolute Gasteiger partial charge is 0.345 e. The molecule has 28 heavy (non-hydrogen) atoms. The second kappa shape index (κ2) is 8.60. The molecule has 1 saturated carbocycles. The molecular formula is C22H26BrFN2O2. The van der Waals surface area contributed by atoms with E-state index in [2.05, 4.69) is 21.2 Å². The highest BCUT2D eigenvalue weighted by Crippen LogP contribution is 2.38. The SMILES string of the molecule is CCCn1c(C)c(C(=O)N[C@H](c2ccc(F)cc2)C2CCC2)c(C)c(Br)c1=O. The van der Waals surface area contributed by atoms with Crippen molar-refractivity contribution in [1.29, 1.82) is 0 Å². The van der Waals surface area contributed by atoms with Crippen molar-refractivity contribution in [1.82, 2.24) is 9.88 Å². The minimum absolute atomic E-state index is 0.109. The summed E-state index contributed by atoms with van der Waals surface area (Å²) in [4.78, 5) is 25.8. The molecule has 6 heteroatoms. The second-order valence-electron chi connectivity index (χ2n) is 7.55. The molecule has 1 fully saturated rings. The Hall–Kier alpha value is -1.95. The minimum atomic E-state index is -0.287. The van der Waals surface area contributed by atoms with Crippen molar-refractivity contribution in [3.63, 3.8) is 0 Å². The van der Waals surface area contributed by atoms with E-state index in [-0.39, 0.29) is 23.3 Å². The zero-order chi connectivity index (χ0) is 20.4. The first-order valence-electron chi connectivity index (χ1n) is 9.81. The van der Waals surface area contributed by atoms with Crippen LogP contribution >= 0.6 is 15.9 Å². The molecule has 1 amide bonds. The average Bonchev–Trinajstić information content (AvgIpc) is 2.62. The highest BCUT2D eigenvalue weighted by Gasteiger charge is 2.31. The lowest BCUT2D eigenvalue weighted by Gasteiger charge is -2.35. The molecule has 0 saturated heterocycles. The summed E-state index contributed by atoms with van der Waals surface area (Å²) in [5, 5.41) is 3.17. The predicted octanol–water partition coefficient (Wildman–Crippen LogP) is 5.05. The molecule has 4 nitrogen and oxygen atoms in total. The van der Waals surface area contributed by atoms with Crippen LogP contribution in [0.3, 0.4) is 0 Å². The van der Waals surface area contributed by atoms with E-state index in [0.29, 0.717) is 33.8 Å². The highest BCUT2D eigenvalue weighted by molar-refractivity contribution is 9.10. The quantitative estimate of drug-likeness (QED) is 0.671. The molecule has 1 aromatic carbocycles. The molecule has 2 aromatic rings. The summed E-state index contributed by atoms with van der Waals surface area (Å²) in [6, 6.07) is 6.19. The van der Waals surface area contributed by atoms with Gasteiger partial charge in [-0.05, 0) is 78.2 Å². The second-order valence-corrected chi connectivity index (χ2v) is 8.34. The van der Waals surface area contributed by atoms with Crippen molar-refractivity contribution in [2.24, 2.45) is 5.92 Å². The van der Waals surface area contributed by atoms with Crippen LogP contribution in [0, 0.1) is 25.6 Å². The Morgan fingerprint density at radius 1 is 1.29 bits per heavy atom. The number of hydrogen-bond acceptors (Lipinski definition) is 2. The molecule has 1 heterocycles. The number of amides is 1. The first kappa shape index (κ1) is 20.8. The number of aromatic nitrogens is 1. The van der Waals surface area contributed by atoms with Gasteiger partial charge in [0.1, 0.15) is 5.82 Å². The molecule has 0 unspecified atom stereocenters. The molecule has 150 valence electrons. The monoisotopic (exact) mass is 448 g/mol. The number of nitrogens with zero attached hydrogens (tertiary/aromatic N) is 1. The molecule has 3 rings (SSSR count). The van der Waals surface area contributed by atoms with Crippen LogP contribution in [0.25, 0.3) is 0 Å². The number of halogens is 2. The van der Waals surface area contributed by atoms with Gasteiger partial charge in [-0.15, -0.1) is 0 Å². The zero-order valence-electron chi connectivity index (χ0n) is 16.5. The summed E-state index contributed by atoms with van der Waals surface area (Å²) in [6.07, 6.45) is 4.03. The van der Waals surface area contributed by atoms with Crippen molar-refractivity contribution in [2.45, 2.75) is 59.0 Å². The van der Waals surface area contributed by atoms with Crippen LogP contribution in [0.5, 0.6) is 0 Å². The van der Waals surface area contributed by atoms with Crippen LogP contribution in [-0.2, 0) is 6.54 Å². The highest BCUT2D eigenvalue weighted by atomic mass is 79.9. The van der Waals surface area contributed by atoms with Gasteiger partial charge in [0.15, 0.2) is 0 Å². The third-order valence-electron chi connectivity index (χ3n) is 5.72. The number of rotatable bonds is 6. The van der Waals surface area contributed by atoms with E-state index >= 15 is 0 Å². The predicted molar refractivity (Wildman–Crippen MR) is 112 cm³/mol. The zero-order valence-corrected chi connectivity index (χ0v) is 18.1. The topological polar surface area (TPSA) is 51.1 Å². The van der Waals surface area contributed by atoms with Gasteiger partial charge in [-0.25, -0.2) is 4.39 Å². The van der Waals surface area contributed by atoms with Gasteiger partial charge >= 0.3 is 0 Å². The molecule has 1 atom stereocenters. The smallest absolute Gasteiger partial charge is 0.265 e. The van der Waals surface area contributed by atoms with Gasteiger partial charge in [0, 0.05) is 12.2 Å². The van der Waals surface area contributed by atoms with Crippen molar-refractivity contribution in [2.75, 3.05) is 0 Å². The van der Waals surface area contributed by atoms with Gasteiger partial charge in [0.25, 0.3) is 11.5 Å². The van der Waals surface area contributed by atoms with E-state index in [0.717, 1.165) is 31.2 Å². The van der Waals surface area contributed by atoms with E-state index in [1.54, 1.807) is 23.6 Å². The summed E-state index contributed by atoms with van der Waals surface area (Å²) in [7, 11) is 0. The fourth-order valence-corrected chi connectivity index (χ4v) is 4.32. The van der Waals surface area contributed by atoms with Crippen molar-refractivity contribution < 1.29 is 9.18 Å². The molecule has 1 aliphatic carbocycles. The first-order chi connectivity index (χ1) is 13.3. The van der Waals surface area contributed by atoms with Gasteiger partial charge in [-0.2, -0.15) is 0 Å². The maximum Gasteiger partial charge on any atom is 0.265 e. The lowest BCUT2D eigenvalue weighted by Crippen LogP contribution is -2.38. The Labute approximate surface area is 173 Å². The van der Waals surface area contributed by atoms with E-state index < -0.39 is 0 Å². The number of carbonyl (C=O) groups excluding carboxylic acids is 1. The number of carbonyl (C=O) groups is 1. The third kappa shape index (κ3) is 3.93. The summed E-state index contributed by atoms with van der Waals surface area (Å²) < 4.78 is 15.4. The molecule has 0 spiro atoms. The number of hydrogen-bond donors (Lipinski definition) is 1. The molecule has 0 radical (unpaired) electrons.